The number of carbonyl (C=O) groups excluding carboxylic acids is 2. The van der Waals surface area contributed by atoms with Crippen molar-refractivity contribution in [2.75, 3.05) is 0 Å². The Hall–Kier alpha value is -3.69. The highest BCUT2D eigenvalue weighted by Crippen LogP contribution is 2.19. The van der Waals surface area contributed by atoms with Gasteiger partial charge in [0, 0.05) is 23.7 Å². The maximum atomic E-state index is 14.3. The second-order valence-electron chi connectivity index (χ2n) is 8.43. The first-order valence-corrected chi connectivity index (χ1v) is 11.3. The molecule has 2 amide bonds. The molecule has 1 fully saturated rings. The maximum Gasteiger partial charge on any atom is 0.247 e. The fraction of sp³-hybridized carbons (Fsp3) is 0.375. The van der Waals surface area contributed by atoms with Crippen LogP contribution in [0, 0.1) is 11.6 Å². The number of amides is 2. The van der Waals surface area contributed by atoms with E-state index in [-0.39, 0.29) is 36.7 Å². The van der Waals surface area contributed by atoms with Gasteiger partial charge in [-0.3, -0.25) is 9.59 Å². The second kappa shape index (κ2) is 10.5. The van der Waals surface area contributed by atoms with Crippen LogP contribution in [-0.2, 0) is 22.7 Å². The molecular formula is C24H26F2N6O2. The van der Waals surface area contributed by atoms with Gasteiger partial charge >= 0.3 is 0 Å². The van der Waals surface area contributed by atoms with Crippen LogP contribution in [0.4, 0.5) is 8.78 Å². The van der Waals surface area contributed by atoms with Crippen molar-refractivity contribution < 1.29 is 18.4 Å². The Balaban J connectivity index is 1.51. The highest BCUT2D eigenvalue weighted by atomic mass is 19.1. The van der Waals surface area contributed by atoms with Gasteiger partial charge in [0.05, 0.1) is 0 Å². The molecule has 34 heavy (non-hydrogen) atoms. The van der Waals surface area contributed by atoms with Gasteiger partial charge < -0.3 is 10.2 Å². The Bertz CT molecular complexity index is 1140. The second-order valence-corrected chi connectivity index (χ2v) is 8.43. The van der Waals surface area contributed by atoms with Gasteiger partial charge in [-0.05, 0) is 55.3 Å². The van der Waals surface area contributed by atoms with E-state index in [1.165, 1.54) is 35.2 Å². The van der Waals surface area contributed by atoms with Gasteiger partial charge in [0.25, 0.3) is 0 Å². The van der Waals surface area contributed by atoms with Crippen LogP contribution in [0.25, 0.3) is 11.4 Å². The molecule has 8 nitrogen and oxygen atoms in total. The van der Waals surface area contributed by atoms with E-state index in [0.717, 1.165) is 30.5 Å². The third-order valence-corrected chi connectivity index (χ3v) is 6.00. The highest BCUT2D eigenvalue weighted by molar-refractivity contribution is 5.87. The van der Waals surface area contributed by atoms with Crippen LogP contribution in [0.1, 0.15) is 38.2 Å². The minimum atomic E-state index is -0.826. The number of nitrogens with zero attached hydrogens (tertiary/aromatic N) is 5. The van der Waals surface area contributed by atoms with Gasteiger partial charge in [0.2, 0.25) is 17.6 Å². The monoisotopic (exact) mass is 468 g/mol. The van der Waals surface area contributed by atoms with Gasteiger partial charge in [-0.2, -0.15) is 4.80 Å². The van der Waals surface area contributed by atoms with Gasteiger partial charge in [0.1, 0.15) is 24.2 Å². The molecule has 178 valence electrons. The average molecular weight is 469 g/mol. The quantitative estimate of drug-likeness (QED) is 0.549. The molecule has 1 atom stereocenters. The SMILES string of the molecule is C[C@H](C(=O)NC1CCCC1)N(Cc1ccccc1F)C(=O)Cn1nnc(-c2ccc(F)cc2)n1. The summed E-state index contributed by atoms with van der Waals surface area (Å²) in [5.74, 6) is -1.35. The number of aromatic nitrogens is 4. The first-order valence-electron chi connectivity index (χ1n) is 11.3. The van der Waals surface area contributed by atoms with Crippen LogP contribution < -0.4 is 5.32 Å². The summed E-state index contributed by atoms with van der Waals surface area (Å²) < 4.78 is 27.5. The molecule has 1 aliphatic rings. The number of tetrazole rings is 1. The molecule has 1 N–H and O–H groups in total. The lowest BCUT2D eigenvalue weighted by Crippen LogP contribution is -2.50. The van der Waals surface area contributed by atoms with Crippen molar-refractivity contribution in [3.8, 4) is 11.4 Å². The van der Waals surface area contributed by atoms with Crippen LogP contribution in [0.15, 0.2) is 48.5 Å². The van der Waals surface area contributed by atoms with Crippen molar-refractivity contribution in [3.63, 3.8) is 0 Å². The molecule has 0 bridgehead atoms. The molecule has 0 saturated heterocycles. The molecule has 10 heteroatoms. The first-order chi connectivity index (χ1) is 16.4. The summed E-state index contributed by atoms with van der Waals surface area (Å²) >= 11 is 0. The molecule has 0 aliphatic heterocycles. The van der Waals surface area contributed by atoms with Crippen LogP contribution in [0.5, 0.6) is 0 Å². The molecule has 1 saturated carbocycles. The predicted octanol–water partition coefficient (Wildman–Crippen LogP) is 3.09. The largest absolute Gasteiger partial charge is 0.352 e. The zero-order chi connectivity index (χ0) is 24.1. The number of nitrogens with one attached hydrogen (secondary N) is 1. The Morgan fingerprint density at radius 2 is 1.82 bits per heavy atom. The zero-order valence-electron chi connectivity index (χ0n) is 18.8. The molecule has 0 unspecified atom stereocenters. The molecule has 3 aromatic rings. The van der Waals surface area contributed by atoms with Crippen LogP contribution >= 0.6 is 0 Å². The van der Waals surface area contributed by atoms with Gasteiger partial charge in [-0.25, -0.2) is 8.78 Å². The lowest BCUT2D eigenvalue weighted by molar-refractivity contribution is -0.141. The standard InChI is InChI=1S/C24H26F2N6O2/c1-16(24(34)27-20-7-3-4-8-20)31(14-18-6-2-5-9-21(18)26)22(33)15-32-29-23(28-30-32)17-10-12-19(25)13-11-17/h2,5-6,9-13,16,20H,3-4,7-8,14-15H2,1H3,(H,27,34)/t16-/m1/s1. The maximum absolute atomic E-state index is 14.3. The molecule has 0 spiro atoms. The van der Waals surface area contributed by atoms with E-state index < -0.39 is 17.8 Å². The van der Waals surface area contributed by atoms with E-state index in [1.54, 1.807) is 25.1 Å². The number of rotatable bonds is 8. The number of hydrogen-bond donors (Lipinski definition) is 1. The minimum absolute atomic E-state index is 0.0791. The smallest absolute Gasteiger partial charge is 0.247 e. The fourth-order valence-electron chi connectivity index (χ4n) is 4.02. The van der Waals surface area contributed by atoms with Gasteiger partial charge in [-0.15, -0.1) is 10.2 Å². The Morgan fingerprint density at radius 1 is 1.12 bits per heavy atom. The van der Waals surface area contributed by atoms with Crippen molar-refractivity contribution in [2.24, 2.45) is 0 Å². The van der Waals surface area contributed by atoms with Gasteiger partial charge in [-0.1, -0.05) is 31.0 Å². The molecule has 4 rings (SSSR count). The summed E-state index contributed by atoms with van der Waals surface area (Å²) in [6, 6.07) is 11.0. The van der Waals surface area contributed by atoms with E-state index in [4.69, 9.17) is 0 Å². The number of halogens is 2. The summed E-state index contributed by atoms with van der Waals surface area (Å²) in [6.45, 7) is 1.26. The summed E-state index contributed by atoms with van der Waals surface area (Å²) in [6.07, 6.45) is 3.95. The van der Waals surface area contributed by atoms with E-state index in [1.807, 2.05) is 0 Å². The average Bonchev–Trinajstić information content (AvgIpc) is 3.51. The minimum Gasteiger partial charge on any atom is -0.352 e. The molecule has 2 aromatic carbocycles. The van der Waals surface area contributed by atoms with Crippen molar-refractivity contribution in [1.29, 1.82) is 0 Å². The number of carbonyl (C=O) groups is 2. The molecule has 1 aliphatic carbocycles. The van der Waals surface area contributed by atoms with Crippen LogP contribution in [0.2, 0.25) is 0 Å². The van der Waals surface area contributed by atoms with Crippen LogP contribution in [-0.4, -0.2) is 49.0 Å². The Morgan fingerprint density at radius 3 is 2.53 bits per heavy atom. The summed E-state index contributed by atoms with van der Waals surface area (Å²) in [4.78, 5) is 28.6. The van der Waals surface area contributed by atoms with Crippen molar-refractivity contribution in [2.45, 2.75) is 57.8 Å². The summed E-state index contributed by atoms with van der Waals surface area (Å²) in [7, 11) is 0. The third kappa shape index (κ3) is 5.62. The lowest BCUT2D eigenvalue weighted by atomic mass is 10.1. The Labute approximate surface area is 196 Å². The fourth-order valence-corrected chi connectivity index (χ4v) is 4.02. The van der Waals surface area contributed by atoms with Crippen LogP contribution in [0.3, 0.4) is 0 Å². The summed E-state index contributed by atoms with van der Waals surface area (Å²) in [5.41, 5.74) is 0.850. The molecule has 1 heterocycles. The van der Waals surface area contributed by atoms with E-state index in [0.29, 0.717) is 11.1 Å². The van der Waals surface area contributed by atoms with Gasteiger partial charge in [0.15, 0.2) is 0 Å². The molecule has 0 radical (unpaired) electrons. The van der Waals surface area contributed by atoms with E-state index >= 15 is 0 Å². The van der Waals surface area contributed by atoms with Crippen molar-refractivity contribution in [1.82, 2.24) is 30.4 Å². The number of hydrogen-bond acceptors (Lipinski definition) is 5. The van der Waals surface area contributed by atoms with Crippen molar-refractivity contribution >= 4 is 11.8 Å². The molecular weight excluding hydrogens is 442 g/mol. The topological polar surface area (TPSA) is 93.0 Å². The molecule has 1 aromatic heterocycles. The normalized spacial score (nSPS) is 14.7. The summed E-state index contributed by atoms with van der Waals surface area (Å²) in [5, 5.41) is 15.0. The lowest BCUT2D eigenvalue weighted by Gasteiger charge is -2.29. The predicted molar refractivity (Wildman–Crippen MR) is 120 cm³/mol. The van der Waals surface area contributed by atoms with E-state index in [9.17, 15) is 18.4 Å². The number of benzene rings is 2. The Kier molecular flexibility index (Phi) is 7.24. The highest BCUT2D eigenvalue weighted by Gasteiger charge is 2.29. The third-order valence-electron chi connectivity index (χ3n) is 6.00. The zero-order valence-corrected chi connectivity index (χ0v) is 18.8. The van der Waals surface area contributed by atoms with E-state index in [2.05, 4.69) is 20.7 Å². The van der Waals surface area contributed by atoms with Crippen molar-refractivity contribution in [3.05, 3.63) is 65.7 Å². The first kappa shape index (κ1) is 23.5.